The van der Waals surface area contributed by atoms with Gasteiger partial charge in [-0.15, -0.1) is 0 Å². The lowest BCUT2D eigenvalue weighted by Gasteiger charge is -2.46. The quantitative estimate of drug-likeness (QED) is 0.152. The van der Waals surface area contributed by atoms with Gasteiger partial charge in [-0.05, 0) is 116 Å². The second-order valence-electron chi connectivity index (χ2n) is 17.9. The normalized spacial score (nSPS) is 12.7. The van der Waals surface area contributed by atoms with Crippen LogP contribution in [0.2, 0.25) is 0 Å². The molecule has 1 aliphatic heterocycles. The van der Waals surface area contributed by atoms with Gasteiger partial charge in [-0.1, -0.05) is 212 Å². The fraction of sp³-hybridized carbons (Fsp3) is 0.0152. The molecule has 0 bridgehead atoms. The maximum absolute atomic E-state index is 5.51. The van der Waals surface area contributed by atoms with Crippen LogP contribution >= 0.6 is 0 Å². The van der Waals surface area contributed by atoms with Crippen LogP contribution in [0.1, 0.15) is 22.3 Å². The topological polar surface area (TPSA) is 21.1 Å². The minimum absolute atomic E-state index is 0.676. The van der Waals surface area contributed by atoms with Crippen LogP contribution in [0.5, 0.6) is 0 Å². The molecule has 0 atom stereocenters. The summed E-state index contributed by atoms with van der Waals surface area (Å²) in [6.07, 6.45) is 0. The molecule has 12 aromatic rings. The maximum Gasteiger partial charge on any atom is 0.138 e. The Balaban J connectivity index is 0.999. The Bertz CT molecular complexity index is 3730. The summed E-state index contributed by atoms with van der Waals surface area (Å²) in [7, 11) is 0. The van der Waals surface area contributed by atoms with E-state index in [1.807, 2.05) is 0 Å². The first-order chi connectivity index (χ1) is 34.2. The SMILES string of the molecule is c1ccc(-c2cccc(-n3c4ccccc4c4cc(-c5cccc(C6(c7ccccc7)c7ccccc7N(c7cc(-c8ccccc8)cc(-c8ccccc8)n7)c7ccccc76)c5)ccc43)c2)cc1. The highest BCUT2D eigenvalue weighted by Crippen LogP contribution is 2.58. The molecule has 10 aromatic carbocycles. The highest BCUT2D eigenvalue weighted by Gasteiger charge is 2.46. The van der Waals surface area contributed by atoms with E-state index in [0.717, 1.165) is 50.8 Å². The molecule has 0 radical (unpaired) electrons. The highest BCUT2D eigenvalue weighted by atomic mass is 15.2. The first-order valence-corrected chi connectivity index (χ1v) is 23.7. The summed E-state index contributed by atoms with van der Waals surface area (Å²) in [6.45, 7) is 0. The van der Waals surface area contributed by atoms with Crippen LogP contribution in [0.3, 0.4) is 0 Å². The number of anilines is 3. The second-order valence-corrected chi connectivity index (χ2v) is 17.9. The zero-order valence-corrected chi connectivity index (χ0v) is 37.8. The van der Waals surface area contributed by atoms with Gasteiger partial charge in [-0.2, -0.15) is 0 Å². The summed E-state index contributed by atoms with van der Waals surface area (Å²) in [6, 6.07) is 99.2. The highest BCUT2D eigenvalue weighted by molar-refractivity contribution is 6.10. The van der Waals surface area contributed by atoms with Gasteiger partial charge < -0.3 is 4.57 Å². The first kappa shape index (κ1) is 40.2. The van der Waals surface area contributed by atoms with Crippen molar-refractivity contribution in [3.05, 3.63) is 295 Å². The molecular formula is C66H45N3. The van der Waals surface area contributed by atoms with Gasteiger partial charge in [0.05, 0.1) is 33.5 Å². The van der Waals surface area contributed by atoms with Crippen LogP contribution in [0.25, 0.3) is 72.1 Å². The monoisotopic (exact) mass is 879 g/mol. The van der Waals surface area contributed by atoms with Crippen LogP contribution in [-0.4, -0.2) is 9.55 Å². The molecule has 324 valence electrons. The Morgan fingerprint density at radius 3 is 1.51 bits per heavy atom. The third kappa shape index (κ3) is 6.70. The minimum Gasteiger partial charge on any atom is -0.309 e. The van der Waals surface area contributed by atoms with Gasteiger partial charge >= 0.3 is 0 Å². The summed E-state index contributed by atoms with van der Waals surface area (Å²) >= 11 is 0. The van der Waals surface area contributed by atoms with Crippen molar-refractivity contribution >= 4 is 39.0 Å². The van der Waals surface area contributed by atoms with Crippen molar-refractivity contribution in [2.75, 3.05) is 4.90 Å². The second kappa shape index (κ2) is 16.7. The van der Waals surface area contributed by atoms with E-state index < -0.39 is 5.41 Å². The third-order valence-corrected chi connectivity index (χ3v) is 14.0. The van der Waals surface area contributed by atoms with E-state index in [0.29, 0.717) is 0 Å². The Kier molecular flexibility index (Phi) is 9.73. The lowest BCUT2D eigenvalue weighted by atomic mass is 9.62. The molecule has 13 rings (SSSR count). The van der Waals surface area contributed by atoms with Gasteiger partial charge in [0.1, 0.15) is 5.82 Å². The van der Waals surface area contributed by atoms with Crippen molar-refractivity contribution in [2.24, 2.45) is 0 Å². The molecule has 0 fully saturated rings. The lowest BCUT2D eigenvalue weighted by Crippen LogP contribution is -2.38. The van der Waals surface area contributed by atoms with Crippen LogP contribution in [0.15, 0.2) is 273 Å². The van der Waals surface area contributed by atoms with Crippen LogP contribution in [0, 0.1) is 0 Å². The van der Waals surface area contributed by atoms with Gasteiger partial charge in [-0.25, -0.2) is 4.98 Å². The lowest BCUT2D eigenvalue weighted by molar-refractivity contribution is 0.730. The number of para-hydroxylation sites is 3. The number of hydrogen-bond donors (Lipinski definition) is 0. The molecule has 0 saturated heterocycles. The van der Waals surface area contributed by atoms with Gasteiger partial charge in [-0.3, -0.25) is 4.90 Å². The minimum atomic E-state index is -0.676. The van der Waals surface area contributed by atoms with E-state index >= 15 is 0 Å². The molecule has 0 amide bonds. The van der Waals surface area contributed by atoms with Crippen molar-refractivity contribution in [3.63, 3.8) is 0 Å². The molecule has 0 unspecified atom stereocenters. The van der Waals surface area contributed by atoms with Gasteiger partial charge in [0.15, 0.2) is 0 Å². The van der Waals surface area contributed by atoms with Crippen LogP contribution < -0.4 is 4.90 Å². The number of nitrogens with zero attached hydrogens (tertiary/aromatic N) is 3. The number of pyridine rings is 1. The van der Waals surface area contributed by atoms with Gasteiger partial charge in [0.2, 0.25) is 0 Å². The predicted molar refractivity (Wildman–Crippen MR) is 287 cm³/mol. The third-order valence-electron chi connectivity index (χ3n) is 14.0. The number of fused-ring (bicyclic) bond motifs is 5. The molecule has 0 saturated carbocycles. The summed E-state index contributed by atoms with van der Waals surface area (Å²) in [5.74, 6) is 0.866. The molecule has 1 aliphatic rings. The van der Waals surface area contributed by atoms with E-state index in [1.54, 1.807) is 0 Å². The van der Waals surface area contributed by atoms with Crippen LogP contribution in [-0.2, 0) is 5.41 Å². The Labute approximate surface area is 402 Å². The van der Waals surface area contributed by atoms with E-state index in [1.165, 1.54) is 60.8 Å². The number of hydrogen-bond acceptors (Lipinski definition) is 2. The van der Waals surface area contributed by atoms with Crippen LogP contribution in [0.4, 0.5) is 17.2 Å². The van der Waals surface area contributed by atoms with E-state index in [-0.39, 0.29) is 0 Å². The summed E-state index contributed by atoms with van der Waals surface area (Å²) in [5, 5.41) is 2.45. The van der Waals surface area contributed by atoms with E-state index in [2.05, 4.69) is 282 Å². The van der Waals surface area contributed by atoms with Crippen molar-refractivity contribution in [3.8, 4) is 50.3 Å². The fourth-order valence-electron chi connectivity index (χ4n) is 11.0. The maximum atomic E-state index is 5.51. The number of aromatic nitrogens is 2. The zero-order valence-electron chi connectivity index (χ0n) is 37.8. The number of benzene rings is 10. The van der Waals surface area contributed by atoms with E-state index in [9.17, 15) is 0 Å². The molecule has 3 nitrogen and oxygen atoms in total. The molecule has 0 N–H and O–H groups in total. The molecule has 2 aromatic heterocycles. The summed E-state index contributed by atoms with van der Waals surface area (Å²) in [5.41, 5.74) is 18.8. The fourth-order valence-corrected chi connectivity index (χ4v) is 11.0. The molecule has 0 aliphatic carbocycles. The Morgan fingerprint density at radius 2 is 0.812 bits per heavy atom. The Morgan fingerprint density at radius 1 is 0.304 bits per heavy atom. The standard InChI is InChI=1S/C66H45N3/c1-5-21-46(22-6-1)50-28-20-32-55(42-50)68-61-36-16-13-33-56(61)57-43-51(39-40-62(57)68)49-27-19-31-54(41-49)66(53-29-11-4-12-30-53)58-34-14-17-37-63(58)69(64-38-18-15-35-59(64)66)65-45-52(47-23-7-2-8-24-47)44-60(67-65)48-25-9-3-10-26-48/h1-45H. The number of rotatable bonds is 8. The molecule has 3 heteroatoms. The van der Waals surface area contributed by atoms with Crippen molar-refractivity contribution in [1.29, 1.82) is 0 Å². The van der Waals surface area contributed by atoms with Gasteiger partial charge in [0, 0.05) is 22.0 Å². The van der Waals surface area contributed by atoms with E-state index in [4.69, 9.17) is 4.98 Å². The summed E-state index contributed by atoms with van der Waals surface area (Å²) < 4.78 is 2.41. The van der Waals surface area contributed by atoms with Crippen molar-refractivity contribution in [1.82, 2.24) is 9.55 Å². The van der Waals surface area contributed by atoms with Crippen molar-refractivity contribution in [2.45, 2.75) is 5.41 Å². The smallest absolute Gasteiger partial charge is 0.138 e. The summed E-state index contributed by atoms with van der Waals surface area (Å²) in [4.78, 5) is 7.89. The molecular weight excluding hydrogens is 835 g/mol. The largest absolute Gasteiger partial charge is 0.309 e. The zero-order chi connectivity index (χ0) is 45.7. The van der Waals surface area contributed by atoms with Gasteiger partial charge in [0.25, 0.3) is 0 Å². The molecule has 69 heavy (non-hydrogen) atoms. The Hall–Kier alpha value is -9.05. The molecule has 3 heterocycles. The average Bonchev–Trinajstić information content (AvgIpc) is 3.77. The van der Waals surface area contributed by atoms with Crippen molar-refractivity contribution < 1.29 is 0 Å². The molecule has 0 spiro atoms. The first-order valence-electron chi connectivity index (χ1n) is 23.7. The predicted octanol–water partition coefficient (Wildman–Crippen LogP) is 17.0. The average molecular weight is 880 g/mol.